The Bertz CT molecular complexity index is 193. The molecule has 1 fully saturated rings. The monoisotopic (exact) mass is 169 g/mol. The van der Waals surface area contributed by atoms with Crippen molar-refractivity contribution < 1.29 is 9.53 Å². The van der Waals surface area contributed by atoms with Crippen LogP contribution in [0.4, 0.5) is 0 Å². The van der Waals surface area contributed by atoms with E-state index in [2.05, 4.69) is 9.64 Å². The third-order valence-corrected chi connectivity index (χ3v) is 2.11. The Morgan fingerprint density at radius 3 is 2.42 bits per heavy atom. The Morgan fingerprint density at radius 2 is 2.00 bits per heavy atom. The van der Waals surface area contributed by atoms with Gasteiger partial charge in [-0.25, -0.2) is 4.79 Å². The maximum atomic E-state index is 11.2. The Morgan fingerprint density at radius 1 is 1.42 bits per heavy atom. The average Bonchev–Trinajstić information content (AvgIpc) is 2.58. The fraction of sp³-hybridized carbons (Fsp3) is 0.667. The van der Waals surface area contributed by atoms with E-state index in [1.54, 1.807) is 0 Å². The molecule has 0 N–H and O–H groups in total. The van der Waals surface area contributed by atoms with E-state index in [0.29, 0.717) is 5.70 Å². The molecule has 1 heterocycles. The van der Waals surface area contributed by atoms with Crippen molar-refractivity contribution in [3.05, 3.63) is 11.8 Å². The molecule has 0 aromatic carbocycles. The highest BCUT2D eigenvalue weighted by molar-refractivity contribution is 5.87. The van der Waals surface area contributed by atoms with Gasteiger partial charge in [-0.05, 0) is 19.8 Å². The van der Waals surface area contributed by atoms with Gasteiger partial charge in [-0.3, -0.25) is 0 Å². The average molecular weight is 169 g/mol. The van der Waals surface area contributed by atoms with Gasteiger partial charge in [-0.1, -0.05) is 6.08 Å². The first-order chi connectivity index (χ1) is 5.79. The minimum atomic E-state index is -0.223. The molecule has 0 amide bonds. The summed E-state index contributed by atoms with van der Waals surface area (Å²) in [6.07, 6.45) is 4.17. The molecule has 68 valence electrons. The SMILES string of the molecule is C/C=C(/C(=O)OC)N1CCCC1. The number of ether oxygens (including phenoxy) is 1. The second-order valence-electron chi connectivity index (χ2n) is 2.86. The molecule has 1 saturated heterocycles. The van der Waals surface area contributed by atoms with Crippen molar-refractivity contribution in [1.82, 2.24) is 4.90 Å². The van der Waals surface area contributed by atoms with Crippen molar-refractivity contribution >= 4 is 5.97 Å². The Hall–Kier alpha value is -0.990. The molecule has 0 unspecified atom stereocenters. The minimum absolute atomic E-state index is 0.223. The largest absolute Gasteiger partial charge is 0.464 e. The molecule has 0 aromatic rings. The zero-order valence-electron chi connectivity index (χ0n) is 7.67. The first kappa shape index (κ1) is 9.10. The summed E-state index contributed by atoms with van der Waals surface area (Å²) in [6.45, 7) is 3.83. The van der Waals surface area contributed by atoms with Crippen LogP contribution in [0.2, 0.25) is 0 Å². The van der Waals surface area contributed by atoms with Crippen LogP contribution < -0.4 is 0 Å². The normalized spacial score (nSPS) is 18.2. The van der Waals surface area contributed by atoms with Crippen LogP contribution in [0.1, 0.15) is 19.8 Å². The van der Waals surface area contributed by atoms with Crippen molar-refractivity contribution in [2.75, 3.05) is 20.2 Å². The van der Waals surface area contributed by atoms with Gasteiger partial charge < -0.3 is 9.64 Å². The van der Waals surface area contributed by atoms with E-state index in [4.69, 9.17) is 0 Å². The molecule has 0 aliphatic carbocycles. The van der Waals surface area contributed by atoms with Crippen molar-refractivity contribution in [2.45, 2.75) is 19.8 Å². The molecule has 0 aromatic heterocycles. The zero-order chi connectivity index (χ0) is 8.97. The van der Waals surface area contributed by atoms with Crippen molar-refractivity contribution in [2.24, 2.45) is 0 Å². The Labute approximate surface area is 73.0 Å². The first-order valence-corrected chi connectivity index (χ1v) is 4.29. The van der Waals surface area contributed by atoms with Gasteiger partial charge >= 0.3 is 5.97 Å². The van der Waals surface area contributed by atoms with Crippen molar-refractivity contribution in [3.8, 4) is 0 Å². The van der Waals surface area contributed by atoms with Crippen molar-refractivity contribution in [1.29, 1.82) is 0 Å². The number of rotatable bonds is 2. The van der Waals surface area contributed by atoms with Gasteiger partial charge in [0.1, 0.15) is 5.70 Å². The number of likely N-dealkylation sites (tertiary alicyclic amines) is 1. The lowest BCUT2D eigenvalue weighted by molar-refractivity contribution is -0.137. The fourth-order valence-electron chi connectivity index (χ4n) is 1.49. The lowest BCUT2D eigenvalue weighted by Crippen LogP contribution is -2.25. The molecule has 1 rings (SSSR count). The number of hydrogen-bond donors (Lipinski definition) is 0. The molecule has 3 heteroatoms. The maximum Gasteiger partial charge on any atom is 0.353 e. The highest BCUT2D eigenvalue weighted by atomic mass is 16.5. The quantitative estimate of drug-likeness (QED) is 0.459. The van der Waals surface area contributed by atoms with Crippen LogP contribution in [0.3, 0.4) is 0 Å². The number of nitrogens with zero attached hydrogens (tertiary/aromatic N) is 1. The van der Waals surface area contributed by atoms with E-state index in [1.807, 2.05) is 13.0 Å². The van der Waals surface area contributed by atoms with Gasteiger partial charge in [-0.15, -0.1) is 0 Å². The third-order valence-electron chi connectivity index (χ3n) is 2.11. The second-order valence-corrected chi connectivity index (χ2v) is 2.86. The summed E-state index contributed by atoms with van der Waals surface area (Å²) in [5.41, 5.74) is 0.704. The smallest absolute Gasteiger partial charge is 0.353 e. The molecule has 0 saturated carbocycles. The van der Waals surface area contributed by atoms with Crippen LogP contribution in [-0.2, 0) is 9.53 Å². The second kappa shape index (κ2) is 4.14. The number of methoxy groups -OCH3 is 1. The highest BCUT2D eigenvalue weighted by Gasteiger charge is 2.19. The number of allylic oxidation sites excluding steroid dienone is 1. The summed E-state index contributed by atoms with van der Waals surface area (Å²) in [5.74, 6) is -0.223. The Balaban J connectivity index is 2.61. The van der Waals surface area contributed by atoms with Crippen molar-refractivity contribution in [3.63, 3.8) is 0 Å². The lowest BCUT2D eigenvalue weighted by Gasteiger charge is -2.18. The van der Waals surface area contributed by atoms with Crippen LogP contribution in [0.15, 0.2) is 11.8 Å². The Kier molecular flexibility index (Phi) is 3.14. The molecule has 0 radical (unpaired) electrons. The molecule has 0 spiro atoms. The third kappa shape index (κ3) is 1.78. The van der Waals surface area contributed by atoms with Gasteiger partial charge in [0.05, 0.1) is 7.11 Å². The topological polar surface area (TPSA) is 29.5 Å². The van der Waals surface area contributed by atoms with E-state index in [-0.39, 0.29) is 5.97 Å². The van der Waals surface area contributed by atoms with Crippen LogP contribution >= 0.6 is 0 Å². The van der Waals surface area contributed by atoms with E-state index < -0.39 is 0 Å². The summed E-state index contributed by atoms with van der Waals surface area (Å²) in [6, 6.07) is 0. The van der Waals surface area contributed by atoms with Crippen LogP contribution in [-0.4, -0.2) is 31.1 Å². The van der Waals surface area contributed by atoms with Crippen LogP contribution in [0.5, 0.6) is 0 Å². The van der Waals surface area contributed by atoms with Gasteiger partial charge in [0, 0.05) is 13.1 Å². The molecule has 0 bridgehead atoms. The maximum absolute atomic E-state index is 11.2. The summed E-state index contributed by atoms with van der Waals surface area (Å²) in [5, 5.41) is 0. The lowest BCUT2D eigenvalue weighted by atomic mass is 10.3. The summed E-state index contributed by atoms with van der Waals surface area (Å²) in [7, 11) is 1.42. The van der Waals surface area contributed by atoms with Gasteiger partial charge in [0.25, 0.3) is 0 Å². The number of esters is 1. The fourth-order valence-corrected chi connectivity index (χ4v) is 1.49. The molecule has 1 aliphatic heterocycles. The van der Waals surface area contributed by atoms with E-state index in [1.165, 1.54) is 20.0 Å². The number of carbonyl (C=O) groups excluding carboxylic acids is 1. The summed E-state index contributed by atoms with van der Waals surface area (Å²) in [4.78, 5) is 13.3. The minimum Gasteiger partial charge on any atom is -0.464 e. The predicted molar refractivity (Wildman–Crippen MR) is 46.6 cm³/mol. The standard InChI is InChI=1S/C9H15NO2/c1-3-8(9(11)12-2)10-6-4-5-7-10/h3H,4-7H2,1-2H3/b8-3-. The van der Waals surface area contributed by atoms with Gasteiger partial charge in [-0.2, -0.15) is 0 Å². The van der Waals surface area contributed by atoms with Gasteiger partial charge in [0.15, 0.2) is 0 Å². The molecule has 12 heavy (non-hydrogen) atoms. The van der Waals surface area contributed by atoms with Crippen LogP contribution in [0, 0.1) is 0 Å². The molecule has 1 aliphatic rings. The molecule has 0 atom stereocenters. The van der Waals surface area contributed by atoms with Crippen LogP contribution in [0.25, 0.3) is 0 Å². The zero-order valence-corrected chi connectivity index (χ0v) is 7.67. The molecular weight excluding hydrogens is 154 g/mol. The van der Waals surface area contributed by atoms with E-state index in [9.17, 15) is 4.79 Å². The van der Waals surface area contributed by atoms with E-state index in [0.717, 1.165) is 13.1 Å². The van der Waals surface area contributed by atoms with Gasteiger partial charge in [0.2, 0.25) is 0 Å². The highest BCUT2D eigenvalue weighted by Crippen LogP contribution is 2.15. The summed E-state index contributed by atoms with van der Waals surface area (Å²) >= 11 is 0. The summed E-state index contributed by atoms with van der Waals surface area (Å²) < 4.78 is 4.67. The predicted octanol–water partition coefficient (Wildman–Crippen LogP) is 1.16. The number of carbonyl (C=O) groups is 1. The number of hydrogen-bond acceptors (Lipinski definition) is 3. The molecular formula is C9H15NO2. The molecule has 3 nitrogen and oxygen atoms in total. The van der Waals surface area contributed by atoms with E-state index >= 15 is 0 Å². The first-order valence-electron chi connectivity index (χ1n) is 4.29.